The number of likely N-dealkylation sites (tertiary alicyclic amines) is 1. The van der Waals surface area contributed by atoms with E-state index in [4.69, 9.17) is 9.47 Å². The fourth-order valence-electron chi connectivity index (χ4n) is 3.95. The minimum atomic E-state index is -0.477. The van der Waals surface area contributed by atoms with Gasteiger partial charge in [0, 0.05) is 30.5 Å². The minimum absolute atomic E-state index is 0.0664. The van der Waals surface area contributed by atoms with Crippen LogP contribution in [0.4, 0.5) is 11.4 Å². The average molecular weight is 494 g/mol. The molecule has 0 bridgehead atoms. The smallest absolute Gasteiger partial charge is 0.286 e. The SMILES string of the molecule is Cc1ccc(NC(=O)[C@@H]2CCCN(C(=O)c3nnc(C(=O)Nc4ccc5c(c4)OCO5)s3)C2)cc1. The Morgan fingerprint density at radius 2 is 1.71 bits per heavy atom. The molecule has 1 aromatic heterocycles. The topological polar surface area (TPSA) is 123 Å². The molecular weight excluding hydrogens is 470 g/mol. The predicted octanol–water partition coefficient (Wildman–Crippen LogP) is 3.32. The van der Waals surface area contributed by atoms with Crippen molar-refractivity contribution in [3.05, 3.63) is 58.0 Å². The first-order chi connectivity index (χ1) is 17.0. The predicted molar refractivity (Wildman–Crippen MR) is 129 cm³/mol. The normalized spacial score (nSPS) is 16.6. The van der Waals surface area contributed by atoms with Gasteiger partial charge < -0.3 is 25.0 Å². The zero-order chi connectivity index (χ0) is 24.4. The number of nitrogens with zero attached hydrogens (tertiary/aromatic N) is 3. The number of carbonyl (C=O) groups is 3. The quantitative estimate of drug-likeness (QED) is 0.559. The van der Waals surface area contributed by atoms with Crippen LogP contribution in [0.15, 0.2) is 42.5 Å². The summed E-state index contributed by atoms with van der Waals surface area (Å²) in [5.74, 6) is -0.101. The molecule has 3 amide bonds. The van der Waals surface area contributed by atoms with E-state index >= 15 is 0 Å². The summed E-state index contributed by atoms with van der Waals surface area (Å²) in [7, 11) is 0. The van der Waals surface area contributed by atoms with Crippen molar-refractivity contribution in [2.45, 2.75) is 19.8 Å². The lowest BCUT2D eigenvalue weighted by atomic mass is 9.97. The largest absolute Gasteiger partial charge is 0.454 e. The van der Waals surface area contributed by atoms with E-state index in [1.165, 1.54) is 0 Å². The third kappa shape index (κ3) is 5.09. The first-order valence-electron chi connectivity index (χ1n) is 11.2. The van der Waals surface area contributed by atoms with Crippen molar-refractivity contribution in [3.8, 4) is 11.5 Å². The van der Waals surface area contributed by atoms with Gasteiger partial charge in [-0.1, -0.05) is 29.0 Å². The Morgan fingerprint density at radius 3 is 2.54 bits per heavy atom. The number of benzene rings is 2. The molecule has 3 aromatic rings. The van der Waals surface area contributed by atoms with Gasteiger partial charge >= 0.3 is 0 Å². The zero-order valence-corrected chi connectivity index (χ0v) is 19.8. The van der Waals surface area contributed by atoms with E-state index in [1.54, 1.807) is 23.1 Å². The van der Waals surface area contributed by atoms with Crippen LogP contribution < -0.4 is 20.1 Å². The van der Waals surface area contributed by atoms with E-state index in [2.05, 4.69) is 20.8 Å². The third-order valence-corrected chi connectivity index (χ3v) is 6.74. The summed E-state index contributed by atoms with van der Waals surface area (Å²) in [4.78, 5) is 40.0. The van der Waals surface area contributed by atoms with Crippen molar-refractivity contribution in [2.75, 3.05) is 30.5 Å². The number of aromatic nitrogens is 2. The number of nitrogens with one attached hydrogen (secondary N) is 2. The third-order valence-electron chi connectivity index (χ3n) is 5.83. The lowest BCUT2D eigenvalue weighted by molar-refractivity contribution is -0.121. The highest BCUT2D eigenvalue weighted by atomic mass is 32.1. The second-order valence-electron chi connectivity index (χ2n) is 8.38. The van der Waals surface area contributed by atoms with Crippen molar-refractivity contribution >= 4 is 40.4 Å². The van der Waals surface area contributed by atoms with Gasteiger partial charge in [-0.3, -0.25) is 14.4 Å². The molecule has 3 heterocycles. The summed E-state index contributed by atoms with van der Waals surface area (Å²) in [5, 5.41) is 13.6. The van der Waals surface area contributed by atoms with E-state index in [-0.39, 0.29) is 41.1 Å². The Hall–Kier alpha value is -3.99. The lowest BCUT2D eigenvalue weighted by Crippen LogP contribution is -2.43. The van der Waals surface area contributed by atoms with E-state index < -0.39 is 5.91 Å². The van der Waals surface area contributed by atoms with Gasteiger partial charge in [-0.2, -0.15) is 0 Å². The first-order valence-corrected chi connectivity index (χ1v) is 12.0. The highest BCUT2D eigenvalue weighted by Crippen LogP contribution is 2.34. The highest BCUT2D eigenvalue weighted by Gasteiger charge is 2.31. The molecule has 2 aromatic carbocycles. The van der Waals surface area contributed by atoms with Crippen LogP contribution in [0.1, 0.15) is 38.0 Å². The van der Waals surface area contributed by atoms with Gasteiger partial charge in [0.25, 0.3) is 11.8 Å². The number of hydrogen-bond donors (Lipinski definition) is 2. The molecule has 2 aliphatic heterocycles. The molecule has 0 spiro atoms. The highest BCUT2D eigenvalue weighted by molar-refractivity contribution is 7.15. The zero-order valence-electron chi connectivity index (χ0n) is 18.9. The van der Waals surface area contributed by atoms with Crippen LogP contribution >= 0.6 is 11.3 Å². The van der Waals surface area contributed by atoms with Crippen LogP contribution in [0.2, 0.25) is 0 Å². The Kier molecular flexibility index (Phi) is 6.32. The Labute approximate surface area is 205 Å². The lowest BCUT2D eigenvalue weighted by Gasteiger charge is -2.31. The van der Waals surface area contributed by atoms with Crippen LogP contribution in [-0.4, -0.2) is 52.7 Å². The molecule has 2 N–H and O–H groups in total. The summed E-state index contributed by atoms with van der Waals surface area (Å²) < 4.78 is 10.6. The van der Waals surface area contributed by atoms with Crippen LogP contribution in [0, 0.1) is 12.8 Å². The standard InChI is InChI=1S/C24H23N5O5S/c1-14-4-6-16(7-5-14)25-20(30)15-3-2-10-29(12-15)24(32)23-28-27-22(35-23)21(31)26-17-8-9-18-19(11-17)34-13-33-18/h4-9,11,15H,2-3,10,12-13H2,1H3,(H,25,30)(H,26,31)/t15-/m1/s1. The Balaban J connectivity index is 1.20. The molecule has 1 saturated heterocycles. The van der Waals surface area contributed by atoms with Gasteiger partial charge in [0.1, 0.15) is 0 Å². The number of anilines is 2. The number of carbonyl (C=O) groups excluding carboxylic acids is 3. The van der Waals surface area contributed by atoms with E-state index in [9.17, 15) is 14.4 Å². The monoisotopic (exact) mass is 493 g/mol. The molecule has 0 saturated carbocycles. The molecular formula is C24H23N5O5S. The number of piperidine rings is 1. The van der Waals surface area contributed by atoms with Gasteiger partial charge in [0.05, 0.1) is 5.92 Å². The van der Waals surface area contributed by atoms with Gasteiger partial charge in [-0.15, -0.1) is 10.2 Å². The number of amides is 3. The van der Waals surface area contributed by atoms with Crippen molar-refractivity contribution in [3.63, 3.8) is 0 Å². The van der Waals surface area contributed by atoms with E-state index in [1.807, 2.05) is 31.2 Å². The fraction of sp³-hybridized carbons (Fsp3) is 0.292. The van der Waals surface area contributed by atoms with Crippen molar-refractivity contribution in [1.29, 1.82) is 0 Å². The van der Waals surface area contributed by atoms with Crippen molar-refractivity contribution < 1.29 is 23.9 Å². The summed E-state index contributed by atoms with van der Waals surface area (Å²) in [6.07, 6.45) is 1.40. The summed E-state index contributed by atoms with van der Waals surface area (Å²) in [6.45, 7) is 2.93. The summed E-state index contributed by atoms with van der Waals surface area (Å²) in [5.41, 5.74) is 2.35. The maximum absolute atomic E-state index is 13.0. The number of rotatable bonds is 5. The summed E-state index contributed by atoms with van der Waals surface area (Å²) in [6, 6.07) is 12.6. The molecule has 10 nitrogen and oxygen atoms in total. The van der Waals surface area contributed by atoms with Crippen molar-refractivity contribution in [2.24, 2.45) is 5.92 Å². The van der Waals surface area contributed by atoms with Crippen LogP contribution in [0.3, 0.4) is 0 Å². The second-order valence-corrected chi connectivity index (χ2v) is 9.36. The maximum atomic E-state index is 13.0. The maximum Gasteiger partial charge on any atom is 0.286 e. The minimum Gasteiger partial charge on any atom is -0.454 e. The molecule has 35 heavy (non-hydrogen) atoms. The molecule has 1 fully saturated rings. The number of fused-ring (bicyclic) bond motifs is 1. The Bertz CT molecular complexity index is 1280. The molecule has 2 aliphatic rings. The average Bonchev–Trinajstić information content (AvgIpc) is 3.55. The van der Waals surface area contributed by atoms with Crippen molar-refractivity contribution in [1.82, 2.24) is 15.1 Å². The molecule has 0 radical (unpaired) electrons. The van der Waals surface area contributed by atoms with E-state index in [0.717, 1.165) is 22.6 Å². The number of hydrogen-bond acceptors (Lipinski definition) is 8. The van der Waals surface area contributed by atoms with Gasteiger partial charge in [0.2, 0.25) is 22.7 Å². The molecule has 11 heteroatoms. The fourth-order valence-corrected chi connectivity index (χ4v) is 4.66. The molecule has 5 rings (SSSR count). The van der Waals surface area contributed by atoms with Gasteiger partial charge in [-0.25, -0.2) is 0 Å². The first kappa shape index (κ1) is 22.8. The molecule has 0 aliphatic carbocycles. The molecule has 0 unspecified atom stereocenters. The molecule has 180 valence electrons. The number of ether oxygens (including phenoxy) is 2. The van der Waals surface area contributed by atoms with Gasteiger partial charge in [0.15, 0.2) is 11.5 Å². The number of aryl methyl sites for hydroxylation is 1. The van der Waals surface area contributed by atoms with Crippen LogP contribution in [0.25, 0.3) is 0 Å². The van der Waals surface area contributed by atoms with Crippen LogP contribution in [-0.2, 0) is 4.79 Å². The summed E-state index contributed by atoms with van der Waals surface area (Å²) >= 11 is 0.919. The van der Waals surface area contributed by atoms with Gasteiger partial charge in [-0.05, 0) is 44.0 Å². The van der Waals surface area contributed by atoms with Crippen LogP contribution in [0.5, 0.6) is 11.5 Å². The molecule has 1 atom stereocenters. The Morgan fingerprint density at radius 1 is 0.971 bits per heavy atom. The second kappa shape index (κ2) is 9.71. The van der Waals surface area contributed by atoms with E-state index in [0.29, 0.717) is 36.6 Å².